The van der Waals surface area contributed by atoms with Gasteiger partial charge in [0.2, 0.25) is 0 Å². The van der Waals surface area contributed by atoms with Gasteiger partial charge in [-0.3, -0.25) is 0 Å². The molecule has 2 atom stereocenters. The molecule has 1 aliphatic rings. The molecule has 1 aromatic carbocycles. The first-order valence-corrected chi connectivity index (χ1v) is 7.47. The van der Waals surface area contributed by atoms with E-state index in [0.717, 1.165) is 37.1 Å². The highest BCUT2D eigenvalue weighted by Gasteiger charge is 2.24. The third kappa shape index (κ3) is 4.03. The molecule has 0 aliphatic carbocycles. The number of piperidine rings is 1. The number of rotatable bonds is 5. The minimum Gasteiger partial charge on any atom is -0.393 e. The SMILES string of the molecule is CC(O)C1CCN(CC(O)c2ccc(CN)cc2)CC1. The lowest BCUT2D eigenvalue weighted by Gasteiger charge is -2.34. The summed E-state index contributed by atoms with van der Waals surface area (Å²) in [6.07, 6.45) is 1.35. The van der Waals surface area contributed by atoms with E-state index in [1.54, 1.807) is 0 Å². The molecule has 112 valence electrons. The van der Waals surface area contributed by atoms with Crippen LogP contribution in [0.5, 0.6) is 0 Å². The molecule has 0 spiro atoms. The maximum atomic E-state index is 10.3. The van der Waals surface area contributed by atoms with Crippen LogP contribution in [0.1, 0.15) is 37.0 Å². The molecule has 4 N–H and O–H groups in total. The summed E-state index contributed by atoms with van der Waals surface area (Å²) in [6.45, 7) is 4.97. The highest BCUT2D eigenvalue weighted by molar-refractivity contribution is 5.24. The summed E-state index contributed by atoms with van der Waals surface area (Å²) in [4.78, 5) is 2.28. The first-order valence-electron chi connectivity index (χ1n) is 7.47. The Labute approximate surface area is 121 Å². The van der Waals surface area contributed by atoms with Crippen LogP contribution in [0.4, 0.5) is 0 Å². The average Bonchev–Trinajstić information content (AvgIpc) is 2.48. The van der Waals surface area contributed by atoms with Gasteiger partial charge in [0.15, 0.2) is 0 Å². The van der Waals surface area contributed by atoms with E-state index in [9.17, 15) is 10.2 Å². The van der Waals surface area contributed by atoms with Crippen molar-refractivity contribution < 1.29 is 10.2 Å². The molecule has 1 aromatic rings. The van der Waals surface area contributed by atoms with Gasteiger partial charge in [-0.05, 0) is 49.9 Å². The normalized spacial score (nSPS) is 20.8. The largest absolute Gasteiger partial charge is 0.393 e. The number of aliphatic hydroxyl groups is 2. The Kier molecular flexibility index (Phi) is 5.54. The van der Waals surface area contributed by atoms with E-state index in [-0.39, 0.29) is 6.10 Å². The van der Waals surface area contributed by atoms with E-state index < -0.39 is 6.10 Å². The molecule has 4 heteroatoms. The zero-order valence-electron chi connectivity index (χ0n) is 12.2. The summed E-state index contributed by atoms with van der Waals surface area (Å²) in [6, 6.07) is 7.85. The van der Waals surface area contributed by atoms with Gasteiger partial charge in [-0.2, -0.15) is 0 Å². The smallest absolute Gasteiger partial charge is 0.0916 e. The van der Waals surface area contributed by atoms with E-state index in [4.69, 9.17) is 5.73 Å². The van der Waals surface area contributed by atoms with E-state index in [2.05, 4.69) is 4.90 Å². The van der Waals surface area contributed by atoms with Crippen LogP contribution in [-0.4, -0.2) is 40.9 Å². The van der Waals surface area contributed by atoms with E-state index in [1.807, 2.05) is 31.2 Å². The highest BCUT2D eigenvalue weighted by Crippen LogP contribution is 2.23. The number of β-amino-alcohol motifs (C(OH)–C–C–N with tert-alkyl or cyclic N) is 1. The lowest BCUT2D eigenvalue weighted by molar-refractivity contribution is 0.0485. The van der Waals surface area contributed by atoms with Crippen LogP contribution in [0.15, 0.2) is 24.3 Å². The van der Waals surface area contributed by atoms with Crippen molar-refractivity contribution in [2.45, 2.75) is 38.5 Å². The number of nitrogens with zero attached hydrogens (tertiary/aromatic N) is 1. The van der Waals surface area contributed by atoms with Crippen LogP contribution in [0.2, 0.25) is 0 Å². The van der Waals surface area contributed by atoms with Crippen molar-refractivity contribution >= 4 is 0 Å². The van der Waals surface area contributed by atoms with Gasteiger partial charge in [0.05, 0.1) is 12.2 Å². The lowest BCUT2D eigenvalue weighted by atomic mass is 9.92. The minimum atomic E-state index is -0.454. The molecule has 0 aromatic heterocycles. The second-order valence-corrected chi connectivity index (χ2v) is 5.84. The summed E-state index contributed by atoms with van der Waals surface area (Å²) in [5.74, 6) is 0.409. The van der Waals surface area contributed by atoms with Gasteiger partial charge in [0.1, 0.15) is 0 Å². The first kappa shape index (κ1) is 15.4. The maximum absolute atomic E-state index is 10.3. The Bertz CT molecular complexity index is 397. The molecule has 4 nitrogen and oxygen atoms in total. The van der Waals surface area contributed by atoms with Gasteiger partial charge in [-0.15, -0.1) is 0 Å². The number of aliphatic hydroxyl groups excluding tert-OH is 2. The van der Waals surface area contributed by atoms with Crippen LogP contribution in [0, 0.1) is 5.92 Å². The lowest BCUT2D eigenvalue weighted by Crippen LogP contribution is -2.39. The Morgan fingerprint density at radius 1 is 1.20 bits per heavy atom. The number of benzene rings is 1. The van der Waals surface area contributed by atoms with Crippen LogP contribution in [0.3, 0.4) is 0 Å². The van der Waals surface area contributed by atoms with Crippen molar-refractivity contribution in [1.29, 1.82) is 0 Å². The summed E-state index contributed by atoms with van der Waals surface area (Å²) < 4.78 is 0. The van der Waals surface area contributed by atoms with Crippen LogP contribution < -0.4 is 5.73 Å². The second kappa shape index (κ2) is 7.18. The predicted octanol–water partition coefficient (Wildman–Crippen LogP) is 1.27. The molecule has 1 aliphatic heterocycles. The maximum Gasteiger partial charge on any atom is 0.0916 e. The summed E-state index contributed by atoms with van der Waals surface area (Å²) in [5, 5.41) is 19.9. The summed E-state index contributed by atoms with van der Waals surface area (Å²) in [7, 11) is 0. The fourth-order valence-corrected chi connectivity index (χ4v) is 2.84. The molecule has 1 fully saturated rings. The van der Waals surface area contributed by atoms with Crippen LogP contribution >= 0.6 is 0 Å². The van der Waals surface area contributed by atoms with Gasteiger partial charge in [0, 0.05) is 13.1 Å². The van der Waals surface area contributed by atoms with Crippen molar-refractivity contribution in [3.63, 3.8) is 0 Å². The van der Waals surface area contributed by atoms with Crippen LogP contribution in [0.25, 0.3) is 0 Å². The van der Waals surface area contributed by atoms with Gasteiger partial charge in [-0.1, -0.05) is 24.3 Å². The molecule has 2 unspecified atom stereocenters. The number of hydrogen-bond donors (Lipinski definition) is 3. The standard InChI is InChI=1S/C16H26N2O2/c1-12(19)14-6-8-18(9-7-14)11-16(20)15-4-2-13(10-17)3-5-15/h2-5,12,14,16,19-20H,6-11,17H2,1H3. The van der Waals surface area contributed by atoms with Gasteiger partial charge >= 0.3 is 0 Å². The van der Waals surface area contributed by atoms with Gasteiger partial charge in [0.25, 0.3) is 0 Å². The zero-order chi connectivity index (χ0) is 14.5. The molecule has 1 heterocycles. The van der Waals surface area contributed by atoms with Gasteiger partial charge in [-0.25, -0.2) is 0 Å². The number of hydrogen-bond acceptors (Lipinski definition) is 4. The van der Waals surface area contributed by atoms with Crippen molar-refractivity contribution in [2.24, 2.45) is 11.7 Å². The minimum absolute atomic E-state index is 0.217. The molecule has 0 amide bonds. The highest BCUT2D eigenvalue weighted by atomic mass is 16.3. The Morgan fingerprint density at radius 2 is 1.80 bits per heavy atom. The molecule has 2 rings (SSSR count). The van der Waals surface area contributed by atoms with Gasteiger partial charge < -0.3 is 20.8 Å². The molecule has 1 saturated heterocycles. The molecule has 20 heavy (non-hydrogen) atoms. The Morgan fingerprint density at radius 3 is 2.30 bits per heavy atom. The molecular formula is C16H26N2O2. The first-order chi connectivity index (χ1) is 9.60. The second-order valence-electron chi connectivity index (χ2n) is 5.84. The molecule has 0 radical (unpaired) electrons. The third-order valence-corrected chi connectivity index (χ3v) is 4.35. The number of nitrogens with two attached hydrogens (primary N) is 1. The Hall–Kier alpha value is -0.940. The monoisotopic (exact) mass is 278 g/mol. The number of likely N-dealkylation sites (tertiary alicyclic amines) is 1. The van der Waals surface area contributed by atoms with Crippen molar-refractivity contribution in [3.8, 4) is 0 Å². The molecule has 0 saturated carbocycles. The zero-order valence-corrected chi connectivity index (χ0v) is 12.2. The van der Waals surface area contributed by atoms with E-state index >= 15 is 0 Å². The summed E-state index contributed by atoms with van der Waals surface area (Å²) >= 11 is 0. The van der Waals surface area contributed by atoms with Crippen molar-refractivity contribution in [3.05, 3.63) is 35.4 Å². The molecule has 0 bridgehead atoms. The quantitative estimate of drug-likeness (QED) is 0.758. The average molecular weight is 278 g/mol. The molecular weight excluding hydrogens is 252 g/mol. The summed E-state index contributed by atoms with van der Waals surface area (Å²) in [5.41, 5.74) is 7.60. The predicted molar refractivity (Wildman–Crippen MR) is 80.1 cm³/mol. The van der Waals surface area contributed by atoms with E-state index in [1.165, 1.54) is 0 Å². The topological polar surface area (TPSA) is 69.7 Å². The third-order valence-electron chi connectivity index (χ3n) is 4.35. The fourth-order valence-electron chi connectivity index (χ4n) is 2.84. The van der Waals surface area contributed by atoms with Crippen molar-refractivity contribution in [1.82, 2.24) is 4.90 Å². The van der Waals surface area contributed by atoms with E-state index in [0.29, 0.717) is 19.0 Å². The van der Waals surface area contributed by atoms with Crippen LogP contribution in [-0.2, 0) is 6.54 Å². The van der Waals surface area contributed by atoms with Crippen molar-refractivity contribution in [2.75, 3.05) is 19.6 Å². The Balaban J connectivity index is 1.84. The fraction of sp³-hybridized carbons (Fsp3) is 0.625.